The SMILES string of the molecule is CNCc1ccccc1-n1ccc(C(F)(F)F)n1. The Hall–Kier alpha value is -1.82. The third-order valence-corrected chi connectivity index (χ3v) is 2.49. The predicted molar refractivity (Wildman–Crippen MR) is 61.3 cm³/mol. The fourth-order valence-electron chi connectivity index (χ4n) is 1.68. The molecule has 1 aromatic carbocycles. The molecule has 18 heavy (non-hydrogen) atoms. The Bertz CT molecular complexity index is 531. The summed E-state index contributed by atoms with van der Waals surface area (Å²) >= 11 is 0. The molecule has 0 fully saturated rings. The van der Waals surface area contributed by atoms with Gasteiger partial charge in [-0.25, -0.2) is 4.68 Å². The van der Waals surface area contributed by atoms with Gasteiger partial charge in [-0.2, -0.15) is 18.3 Å². The van der Waals surface area contributed by atoms with E-state index in [0.29, 0.717) is 12.2 Å². The topological polar surface area (TPSA) is 29.9 Å². The van der Waals surface area contributed by atoms with Crippen molar-refractivity contribution in [3.05, 3.63) is 47.8 Å². The van der Waals surface area contributed by atoms with Crippen molar-refractivity contribution in [3.63, 3.8) is 0 Å². The van der Waals surface area contributed by atoms with Crippen molar-refractivity contribution in [2.24, 2.45) is 0 Å². The van der Waals surface area contributed by atoms with Gasteiger partial charge in [-0.1, -0.05) is 18.2 Å². The molecule has 2 aromatic rings. The van der Waals surface area contributed by atoms with Gasteiger partial charge in [0.25, 0.3) is 0 Å². The zero-order chi connectivity index (χ0) is 13.2. The molecule has 0 saturated heterocycles. The molecule has 0 saturated carbocycles. The maximum Gasteiger partial charge on any atom is 0.435 e. The van der Waals surface area contributed by atoms with E-state index in [1.54, 1.807) is 19.2 Å². The first kappa shape index (κ1) is 12.6. The largest absolute Gasteiger partial charge is 0.435 e. The number of nitrogens with zero attached hydrogens (tertiary/aromatic N) is 2. The first-order chi connectivity index (χ1) is 8.52. The van der Waals surface area contributed by atoms with Gasteiger partial charge in [0, 0.05) is 12.7 Å². The fraction of sp³-hybridized carbons (Fsp3) is 0.250. The van der Waals surface area contributed by atoms with E-state index in [0.717, 1.165) is 11.6 Å². The van der Waals surface area contributed by atoms with Gasteiger partial charge in [-0.3, -0.25) is 0 Å². The molecule has 0 aliphatic rings. The number of benzene rings is 1. The molecule has 0 radical (unpaired) electrons. The summed E-state index contributed by atoms with van der Waals surface area (Å²) in [4.78, 5) is 0. The van der Waals surface area contributed by atoms with Crippen LogP contribution in [0.3, 0.4) is 0 Å². The van der Waals surface area contributed by atoms with Gasteiger partial charge < -0.3 is 5.32 Å². The van der Waals surface area contributed by atoms with Gasteiger partial charge in [-0.05, 0) is 24.7 Å². The van der Waals surface area contributed by atoms with Crippen LogP contribution in [-0.4, -0.2) is 16.8 Å². The number of halogens is 3. The molecule has 3 nitrogen and oxygen atoms in total. The Morgan fingerprint density at radius 3 is 2.56 bits per heavy atom. The van der Waals surface area contributed by atoms with E-state index in [2.05, 4.69) is 10.4 Å². The van der Waals surface area contributed by atoms with E-state index in [-0.39, 0.29) is 0 Å². The van der Waals surface area contributed by atoms with Crippen LogP contribution in [-0.2, 0) is 12.7 Å². The van der Waals surface area contributed by atoms with Crippen molar-refractivity contribution in [2.45, 2.75) is 12.7 Å². The van der Waals surface area contributed by atoms with Crippen molar-refractivity contribution >= 4 is 0 Å². The summed E-state index contributed by atoms with van der Waals surface area (Å²) in [7, 11) is 1.78. The van der Waals surface area contributed by atoms with Crippen LogP contribution in [0.25, 0.3) is 5.69 Å². The van der Waals surface area contributed by atoms with Crippen LogP contribution < -0.4 is 5.32 Å². The summed E-state index contributed by atoms with van der Waals surface area (Å²) in [5.74, 6) is 0. The van der Waals surface area contributed by atoms with Crippen LogP contribution in [0.5, 0.6) is 0 Å². The second-order valence-electron chi connectivity index (χ2n) is 3.80. The molecule has 1 aromatic heterocycles. The third-order valence-electron chi connectivity index (χ3n) is 2.49. The first-order valence-electron chi connectivity index (χ1n) is 5.38. The van der Waals surface area contributed by atoms with E-state index in [4.69, 9.17) is 0 Å². The molecule has 0 aliphatic heterocycles. The van der Waals surface area contributed by atoms with Crippen LogP contribution in [0.4, 0.5) is 13.2 Å². The first-order valence-corrected chi connectivity index (χ1v) is 5.38. The van der Waals surface area contributed by atoms with Crippen molar-refractivity contribution in [2.75, 3.05) is 7.05 Å². The third kappa shape index (κ3) is 2.53. The summed E-state index contributed by atoms with van der Waals surface area (Å²) in [6.07, 6.45) is -3.10. The quantitative estimate of drug-likeness (QED) is 0.913. The van der Waals surface area contributed by atoms with Crippen LogP contribution in [0.1, 0.15) is 11.3 Å². The highest BCUT2D eigenvalue weighted by atomic mass is 19.4. The lowest BCUT2D eigenvalue weighted by Crippen LogP contribution is -2.11. The minimum atomic E-state index is -4.41. The average Bonchev–Trinajstić information content (AvgIpc) is 2.79. The van der Waals surface area contributed by atoms with Gasteiger partial charge in [0.05, 0.1) is 5.69 Å². The summed E-state index contributed by atoms with van der Waals surface area (Å²) in [5.41, 5.74) is 0.640. The lowest BCUT2D eigenvalue weighted by atomic mass is 10.2. The number of alkyl halides is 3. The van der Waals surface area contributed by atoms with E-state index in [9.17, 15) is 13.2 Å². The van der Waals surface area contributed by atoms with E-state index in [1.807, 2.05) is 12.1 Å². The Balaban J connectivity index is 2.40. The highest BCUT2D eigenvalue weighted by Crippen LogP contribution is 2.28. The molecule has 1 N–H and O–H groups in total. The molecule has 0 unspecified atom stereocenters. The number of hydrogen-bond acceptors (Lipinski definition) is 2. The number of para-hydroxylation sites is 1. The monoisotopic (exact) mass is 255 g/mol. The molecule has 0 aliphatic carbocycles. The molecule has 0 amide bonds. The Morgan fingerprint density at radius 2 is 1.94 bits per heavy atom. The smallest absolute Gasteiger partial charge is 0.316 e. The second-order valence-corrected chi connectivity index (χ2v) is 3.80. The van der Waals surface area contributed by atoms with E-state index in [1.165, 1.54) is 10.9 Å². The molecular weight excluding hydrogens is 243 g/mol. The molecule has 96 valence electrons. The molecule has 2 rings (SSSR count). The van der Waals surface area contributed by atoms with Gasteiger partial charge in [0.2, 0.25) is 0 Å². The van der Waals surface area contributed by atoms with Crippen LogP contribution >= 0.6 is 0 Å². The van der Waals surface area contributed by atoms with Crippen LogP contribution in [0, 0.1) is 0 Å². The zero-order valence-corrected chi connectivity index (χ0v) is 9.70. The normalized spacial score (nSPS) is 11.8. The van der Waals surface area contributed by atoms with Crippen LogP contribution in [0.2, 0.25) is 0 Å². The number of rotatable bonds is 3. The fourth-order valence-corrected chi connectivity index (χ4v) is 1.68. The van der Waals surface area contributed by atoms with Gasteiger partial charge >= 0.3 is 6.18 Å². The second kappa shape index (κ2) is 4.81. The summed E-state index contributed by atoms with van der Waals surface area (Å²) < 4.78 is 38.7. The van der Waals surface area contributed by atoms with Crippen molar-refractivity contribution in [1.82, 2.24) is 15.1 Å². The Morgan fingerprint density at radius 1 is 1.22 bits per heavy atom. The molecule has 0 atom stereocenters. The van der Waals surface area contributed by atoms with E-state index < -0.39 is 11.9 Å². The Labute approximate surface area is 102 Å². The van der Waals surface area contributed by atoms with Crippen molar-refractivity contribution in [1.29, 1.82) is 0 Å². The van der Waals surface area contributed by atoms with Crippen molar-refractivity contribution < 1.29 is 13.2 Å². The number of nitrogens with one attached hydrogen (secondary N) is 1. The predicted octanol–water partition coefficient (Wildman–Crippen LogP) is 2.61. The van der Waals surface area contributed by atoms with Gasteiger partial charge in [-0.15, -0.1) is 0 Å². The van der Waals surface area contributed by atoms with Gasteiger partial charge in [0.15, 0.2) is 5.69 Å². The lowest BCUT2D eigenvalue weighted by molar-refractivity contribution is -0.141. The molecule has 0 bridgehead atoms. The number of aromatic nitrogens is 2. The standard InChI is InChI=1S/C12H12F3N3/c1-16-8-9-4-2-3-5-10(9)18-7-6-11(17-18)12(13,14)15/h2-7,16H,8H2,1H3. The molecule has 0 spiro atoms. The summed E-state index contributed by atoms with van der Waals surface area (Å²) in [6, 6.07) is 8.16. The van der Waals surface area contributed by atoms with Crippen LogP contribution in [0.15, 0.2) is 36.5 Å². The number of hydrogen-bond donors (Lipinski definition) is 1. The maximum atomic E-state index is 12.5. The van der Waals surface area contributed by atoms with Crippen molar-refractivity contribution in [3.8, 4) is 5.69 Å². The minimum Gasteiger partial charge on any atom is -0.316 e. The minimum absolute atomic E-state index is 0.567. The summed E-state index contributed by atoms with van der Waals surface area (Å²) in [5, 5.41) is 6.53. The Kier molecular flexibility index (Phi) is 3.38. The average molecular weight is 255 g/mol. The maximum absolute atomic E-state index is 12.5. The molecule has 6 heteroatoms. The van der Waals surface area contributed by atoms with E-state index >= 15 is 0 Å². The zero-order valence-electron chi connectivity index (χ0n) is 9.70. The molecular formula is C12H12F3N3. The molecule has 1 heterocycles. The highest BCUT2D eigenvalue weighted by Gasteiger charge is 2.33. The summed E-state index contributed by atoms with van der Waals surface area (Å²) in [6.45, 7) is 0.567. The van der Waals surface area contributed by atoms with Gasteiger partial charge in [0.1, 0.15) is 0 Å². The highest BCUT2D eigenvalue weighted by molar-refractivity contribution is 5.40. The lowest BCUT2D eigenvalue weighted by Gasteiger charge is -2.09.